The maximum atomic E-state index is 11.6. The van der Waals surface area contributed by atoms with E-state index in [0.717, 1.165) is 0 Å². The Morgan fingerprint density at radius 1 is 0.333 bits per heavy atom. The standard InChI is InChI=1S/C33H66O15/c1-5-35-8-9-37-12-13-39-16-17-41-20-21-43-24-25-45-28-29-47-31-30-46-27-26-44-23-22-42-19-18-40-15-14-38-11-10-36-7-6-32(34)48-33(2,3)4/h5-31H2,1-4H3. The summed E-state index contributed by atoms with van der Waals surface area (Å²) in [6, 6.07) is 0. The lowest BCUT2D eigenvalue weighted by Crippen LogP contribution is -2.24. The van der Waals surface area contributed by atoms with Gasteiger partial charge in [0.2, 0.25) is 0 Å². The second-order valence-electron chi connectivity index (χ2n) is 10.9. The summed E-state index contributed by atoms with van der Waals surface area (Å²) in [5.74, 6) is -0.265. The van der Waals surface area contributed by atoms with E-state index in [1.165, 1.54) is 0 Å². The van der Waals surface area contributed by atoms with Crippen molar-refractivity contribution in [1.82, 2.24) is 0 Å². The first-order valence-electron chi connectivity index (χ1n) is 17.2. The largest absolute Gasteiger partial charge is 0.460 e. The van der Waals surface area contributed by atoms with Crippen molar-refractivity contribution in [2.45, 2.75) is 39.7 Å². The summed E-state index contributed by atoms with van der Waals surface area (Å²) in [6.45, 7) is 20.7. The molecule has 0 spiro atoms. The van der Waals surface area contributed by atoms with Crippen LogP contribution in [0.2, 0.25) is 0 Å². The zero-order valence-electron chi connectivity index (χ0n) is 30.2. The molecule has 0 aliphatic heterocycles. The van der Waals surface area contributed by atoms with Crippen molar-refractivity contribution in [2.24, 2.45) is 0 Å². The van der Waals surface area contributed by atoms with Gasteiger partial charge in [-0.3, -0.25) is 4.79 Å². The van der Waals surface area contributed by atoms with E-state index in [0.29, 0.717) is 172 Å². The van der Waals surface area contributed by atoms with Crippen LogP contribution in [-0.2, 0) is 71.1 Å². The van der Waals surface area contributed by atoms with Crippen LogP contribution < -0.4 is 0 Å². The fraction of sp³-hybridized carbons (Fsp3) is 0.970. The van der Waals surface area contributed by atoms with Crippen LogP contribution in [0, 0.1) is 0 Å². The molecular weight excluding hydrogens is 636 g/mol. The third-order valence-corrected chi connectivity index (χ3v) is 5.54. The number of hydrogen-bond donors (Lipinski definition) is 0. The van der Waals surface area contributed by atoms with Gasteiger partial charge in [-0.25, -0.2) is 0 Å². The maximum Gasteiger partial charge on any atom is 0.308 e. The lowest BCUT2D eigenvalue weighted by Gasteiger charge is -2.19. The highest BCUT2D eigenvalue weighted by Gasteiger charge is 2.15. The van der Waals surface area contributed by atoms with E-state index in [-0.39, 0.29) is 12.4 Å². The van der Waals surface area contributed by atoms with Crippen molar-refractivity contribution in [1.29, 1.82) is 0 Å². The van der Waals surface area contributed by atoms with Gasteiger partial charge in [-0.2, -0.15) is 0 Å². The molecule has 0 radical (unpaired) electrons. The normalized spacial score (nSPS) is 11.8. The first-order valence-corrected chi connectivity index (χ1v) is 17.2. The molecule has 0 bridgehead atoms. The van der Waals surface area contributed by atoms with Crippen molar-refractivity contribution >= 4 is 5.97 Å². The Kier molecular flexibility index (Phi) is 37.9. The predicted molar refractivity (Wildman–Crippen MR) is 177 cm³/mol. The Morgan fingerprint density at radius 3 is 0.708 bits per heavy atom. The summed E-state index contributed by atoms with van der Waals surface area (Å²) < 4.78 is 75.7. The van der Waals surface area contributed by atoms with E-state index in [1.807, 2.05) is 27.7 Å². The van der Waals surface area contributed by atoms with E-state index >= 15 is 0 Å². The summed E-state index contributed by atoms with van der Waals surface area (Å²) in [4.78, 5) is 11.6. The Bertz CT molecular complexity index is 637. The van der Waals surface area contributed by atoms with Crippen LogP contribution in [0.4, 0.5) is 0 Å². The lowest BCUT2D eigenvalue weighted by atomic mass is 10.2. The number of carbonyl (C=O) groups excluding carboxylic acids is 1. The maximum absolute atomic E-state index is 11.6. The number of carbonyl (C=O) groups is 1. The van der Waals surface area contributed by atoms with Gasteiger partial charge in [0.15, 0.2) is 0 Å². The van der Waals surface area contributed by atoms with Crippen LogP contribution in [0.25, 0.3) is 0 Å². The number of ether oxygens (including phenoxy) is 14. The first-order chi connectivity index (χ1) is 23.5. The smallest absolute Gasteiger partial charge is 0.308 e. The highest BCUT2D eigenvalue weighted by molar-refractivity contribution is 5.69. The predicted octanol–water partition coefficient (Wildman–Crippen LogP) is 1.95. The number of rotatable bonds is 40. The molecular formula is C33H66O15. The second-order valence-corrected chi connectivity index (χ2v) is 10.9. The fourth-order valence-electron chi connectivity index (χ4n) is 3.33. The molecule has 0 rings (SSSR count). The Balaban J connectivity index is 3.09. The van der Waals surface area contributed by atoms with Gasteiger partial charge < -0.3 is 66.3 Å². The molecule has 0 aliphatic rings. The van der Waals surface area contributed by atoms with E-state index < -0.39 is 5.60 Å². The van der Waals surface area contributed by atoms with E-state index in [1.54, 1.807) is 0 Å². The minimum atomic E-state index is -0.474. The third-order valence-electron chi connectivity index (χ3n) is 5.54. The second kappa shape index (κ2) is 38.7. The average Bonchev–Trinajstić information content (AvgIpc) is 3.05. The molecule has 15 heteroatoms. The highest BCUT2D eigenvalue weighted by Crippen LogP contribution is 2.08. The molecule has 0 saturated heterocycles. The molecule has 0 aromatic rings. The molecule has 0 saturated carbocycles. The molecule has 0 aromatic heterocycles. The van der Waals surface area contributed by atoms with Crippen LogP contribution >= 0.6 is 0 Å². The third kappa shape index (κ3) is 43.0. The SMILES string of the molecule is CCOCCOCCOCCOCCOCCOCCOCCOCCOCCOCCOCCOCCOCCC(=O)OC(C)(C)C. The van der Waals surface area contributed by atoms with Crippen LogP contribution in [0.3, 0.4) is 0 Å². The van der Waals surface area contributed by atoms with Gasteiger partial charge in [-0.05, 0) is 27.7 Å². The van der Waals surface area contributed by atoms with Gasteiger partial charge >= 0.3 is 5.97 Å². The van der Waals surface area contributed by atoms with Gasteiger partial charge in [0.25, 0.3) is 0 Å². The van der Waals surface area contributed by atoms with Crippen molar-refractivity contribution in [3.63, 3.8) is 0 Å². The molecule has 0 aromatic carbocycles. The van der Waals surface area contributed by atoms with Crippen LogP contribution in [0.1, 0.15) is 34.1 Å². The first kappa shape index (κ1) is 47.0. The van der Waals surface area contributed by atoms with Gasteiger partial charge in [0.05, 0.1) is 172 Å². The summed E-state index contributed by atoms with van der Waals surface area (Å²) in [7, 11) is 0. The van der Waals surface area contributed by atoms with E-state index in [9.17, 15) is 4.79 Å². The molecule has 15 nitrogen and oxygen atoms in total. The molecule has 0 heterocycles. The van der Waals surface area contributed by atoms with Gasteiger partial charge in [-0.15, -0.1) is 0 Å². The molecule has 0 N–H and O–H groups in total. The molecule has 288 valence electrons. The average molecular weight is 703 g/mol. The monoisotopic (exact) mass is 702 g/mol. The van der Waals surface area contributed by atoms with Crippen LogP contribution in [-0.4, -0.2) is 183 Å². The summed E-state index contributed by atoms with van der Waals surface area (Å²) >= 11 is 0. The van der Waals surface area contributed by atoms with Crippen LogP contribution in [0.15, 0.2) is 0 Å². The summed E-state index contributed by atoms with van der Waals surface area (Å²) in [5.41, 5.74) is -0.474. The van der Waals surface area contributed by atoms with Gasteiger partial charge in [-0.1, -0.05) is 0 Å². The van der Waals surface area contributed by atoms with Crippen molar-refractivity contribution < 1.29 is 71.1 Å². The minimum Gasteiger partial charge on any atom is -0.460 e. The van der Waals surface area contributed by atoms with Crippen LogP contribution in [0.5, 0.6) is 0 Å². The van der Waals surface area contributed by atoms with E-state index in [2.05, 4.69) is 0 Å². The Labute approximate surface area is 288 Å². The van der Waals surface area contributed by atoms with E-state index in [4.69, 9.17) is 66.3 Å². The molecule has 0 aliphatic carbocycles. The van der Waals surface area contributed by atoms with Crippen molar-refractivity contribution in [3.8, 4) is 0 Å². The number of hydrogen-bond acceptors (Lipinski definition) is 15. The topological polar surface area (TPSA) is 146 Å². The fourth-order valence-corrected chi connectivity index (χ4v) is 3.33. The molecule has 48 heavy (non-hydrogen) atoms. The number of esters is 1. The zero-order chi connectivity index (χ0) is 35.1. The lowest BCUT2D eigenvalue weighted by molar-refractivity contribution is -0.156. The van der Waals surface area contributed by atoms with Gasteiger partial charge in [0, 0.05) is 6.61 Å². The Morgan fingerprint density at radius 2 is 0.521 bits per heavy atom. The molecule has 0 fully saturated rings. The molecule has 0 unspecified atom stereocenters. The molecule has 0 amide bonds. The van der Waals surface area contributed by atoms with Crippen molar-refractivity contribution in [2.75, 3.05) is 172 Å². The van der Waals surface area contributed by atoms with Gasteiger partial charge in [0.1, 0.15) is 5.60 Å². The summed E-state index contributed by atoms with van der Waals surface area (Å²) in [6.07, 6.45) is 0.231. The highest BCUT2D eigenvalue weighted by atomic mass is 16.6. The quantitative estimate of drug-likeness (QED) is 0.0677. The minimum absolute atomic E-state index is 0.231. The zero-order valence-corrected chi connectivity index (χ0v) is 30.2. The summed E-state index contributed by atoms with van der Waals surface area (Å²) in [5, 5.41) is 0. The molecule has 0 atom stereocenters. The Hall–Kier alpha value is -1.05. The van der Waals surface area contributed by atoms with Crippen molar-refractivity contribution in [3.05, 3.63) is 0 Å².